The van der Waals surface area contributed by atoms with Crippen molar-refractivity contribution in [1.29, 1.82) is 0 Å². The molecule has 0 aliphatic rings. The predicted octanol–water partition coefficient (Wildman–Crippen LogP) is -0.466. The molecule has 0 amide bonds. The molecule has 0 fully saturated rings. The smallest absolute Gasteiger partial charge is 0.244 e. The minimum Gasteiger partial charge on any atom is -0.396 e. The highest BCUT2D eigenvalue weighted by Crippen LogP contribution is 2.08. The Morgan fingerprint density at radius 1 is 1.40 bits per heavy atom. The van der Waals surface area contributed by atoms with Gasteiger partial charge in [-0.05, 0) is 12.5 Å². The summed E-state index contributed by atoms with van der Waals surface area (Å²) in [7, 11) is -3.62. The Morgan fingerprint density at radius 2 is 2.25 bits per heavy atom. The SMILES string of the molecule is O=S(=O)(NCc1ccncn1)c1cnn(CCCO)c1. The van der Waals surface area contributed by atoms with E-state index in [0.29, 0.717) is 18.7 Å². The number of rotatable bonds is 7. The van der Waals surface area contributed by atoms with Gasteiger partial charge < -0.3 is 5.11 Å². The van der Waals surface area contributed by atoms with Crippen LogP contribution in [-0.2, 0) is 23.1 Å². The molecule has 0 radical (unpaired) electrons. The molecule has 2 aromatic rings. The van der Waals surface area contributed by atoms with Crippen molar-refractivity contribution < 1.29 is 13.5 Å². The third-order valence-corrected chi connectivity index (χ3v) is 3.91. The Balaban J connectivity index is 2.01. The summed E-state index contributed by atoms with van der Waals surface area (Å²) in [5.74, 6) is 0. The number of sulfonamides is 1. The van der Waals surface area contributed by atoms with Gasteiger partial charge in [0.2, 0.25) is 10.0 Å². The summed E-state index contributed by atoms with van der Waals surface area (Å²) in [4.78, 5) is 7.78. The molecule has 0 unspecified atom stereocenters. The third kappa shape index (κ3) is 3.83. The third-order valence-electron chi connectivity index (χ3n) is 2.55. The fourth-order valence-corrected chi connectivity index (χ4v) is 2.46. The first-order chi connectivity index (χ1) is 9.62. The largest absolute Gasteiger partial charge is 0.396 e. The number of hydrogen-bond donors (Lipinski definition) is 2. The van der Waals surface area contributed by atoms with E-state index in [1.165, 1.54) is 23.4 Å². The second-order valence-corrected chi connectivity index (χ2v) is 5.81. The number of hydrogen-bond acceptors (Lipinski definition) is 6. The van der Waals surface area contributed by atoms with Crippen molar-refractivity contribution in [2.75, 3.05) is 6.61 Å². The molecule has 0 saturated carbocycles. The lowest BCUT2D eigenvalue weighted by molar-refractivity contribution is 0.277. The summed E-state index contributed by atoms with van der Waals surface area (Å²) in [6.07, 6.45) is 6.13. The van der Waals surface area contributed by atoms with Crippen LogP contribution in [0.25, 0.3) is 0 Å². The van der Waals surface area contributed by atoms with E-state index in [2.05, 4.69) is 19.8 Å². The number of aliphatic hydroxyl groups is 1. The number of nitrogens with zero attached hydrogens (tertiary/aromatic N) is 4. The van der Waals surface area contributed by atoms with E-state index in [4.69, 9.17) is 5.11 Å². The lowest BCUT2D eigenvalue weighted by Gasteiger charge is -2.03. The van der Waals surface area contributed by atoms with Crippen LogP contribution < -0.4 is 4.72 Å². The molecule has 0 atom stereocenters. The first-order valence-corrected chi connectivity index (χ1v) is 7.48. The summed E-state index contributed by atoms with van der Waals surface area (Å²) in [5.41, 5.74) is 0.580. The van der Waals surface area contributed by atoms with E-state index in [0.717, 1.165) is 0 Å². The van der Waals surface area contributed by atoms with E-state index in [-0.39, 0.29) is 18.0 Å². The fourth-order valence-electron chi connectivity index (χ4n) is 1.51. The van der Waals surface area contributed by atoms with Crippen molar-refractivity contribution in [2.24, 2.45) is 0 Å². The van der Waals surface area contributed by atoms with Gasteiger partial charge in [0.15, 0.2) is 0 Å². The highest BCUT2D eigenvalue weighted by molar-refractivity contribution is 7.89. The predicted molar refractivity (Wildman–Crippen MR) is 70.0 cm³/mol. The molecule has 2 aromatic heterocycles. The molecule has 0 aliphatic carbocycles. The van der Waals surface area contributed by atoms with Crippen molar-refractivity contribution >= 4 is 10.0 Å². The lowest BCUT2D eigenvalue weighted by Crippen LogP contribution is -2.23. The van der Waals surface area contributed by atoms with Gasteiger partial charge in [-0.15, -0.1) is 0 Å². The number of aliphatic hydroxyl groups excluding tert-OH is 1. The molecule has 9 heteroatoms. The van der Waals surface area contributed by atoms with Crippen LogP contribution in [0.4, 0.5) is 0 Å². The minimum absolute atomic E-state index is 0.0356. The molecule has 0 aliphatic heterocycles. The molecule has 2 rings (SSSR count). The molecule has 0 saturated heterocycles. The molecule has 0 bridgehead atoms. The van der Waals surface area contributed by atoms with Crippen molar-refractivity contribution in [3.05, 3.63) is 36.7 Å². The summed E-state index contributed by atoms with van der Waals surface area (Å²) in [6, 6.07) is 1.63. The first kappa shape index (κ1) is 14.6. The lowest BCUT2D eigenvalue weighted by atomic mass is 10.4. The molecular formula is C11H15N5O3S. The average molecular weight is 297 g/mol. The Morgan fingerprint density at radius 3 is 2.95 bits per heavy atom. The van der Waals surface area contributed by atoms with Crippen molar-refractivity contribution in [1.82, 2.24) is 24.5 Å². The van der Waals surface area contributed by atoms with Crippen molar-refractivity contribution in [3.63, 3.8) is 0 Å². The maximum Gasteiger partial charge on any atom is 0.244 e. The van der Waals surface area contributed by atoms with Crippen LogP contribution in [0.15, 0.2) is 35.9 Å². The minimum atomic E-state index is -3.62. The highest BCUT2D eigenvalue weighted by Gasteiger charge is 2.16. The first-order valence-electron chi connectivity index (χ1n) is 6.00. The zero-order valence-electron chi connectivity index (χ0n) is 10.7. The van der Waals surface area contributed by atoms with Crippen molar-refractivity contribution in [2.45, 2.75) is 24.4 Å². The molecule has 0 aromatic carbocycles. The van der Waals surface area contributed by atoms with E-state index in [1.54, 1.807) is 12.3 Å². The van der Waals surface area contributed by atoms with Gasteiger partial charge in [0.05, 0.1) is 18.4 Å². The topological polar surface area (TPSA) is 110 Å². The Hall–Kier alpha value is -1.84. The second-order valence-electron chi connectivity index (χ2n) is 4.04. The Labute approximate surface area is 116 Å². The normalized spacial score (nSPS) is 11.7. The average Bonchev–Trinajstić information content (AvgIpc) is 2.94. The van der Waals surface area contributed by atoms with Gasteiger partial charge in [-0.2, -0.15) is 5.10 Å². The standard InChI is InChI=1S/C11H15N5O3S/c17-5-1-4-16-8-11(7-14-16)20(18,19)15-6-10-2-3-12-9-13-10/h2-3,7-9,15,17H,1,4-6H2. The number of aromatic nitrogens is 4. The van der Waals surface area contributed by atoms with Crippen LogP contribution in [0.2, 0.25) is 0 Å². The van der Waals surface area contributed by atoms with E-state index < -0.39 is 10.0 Å². The molecular weight excluding hydrogens is 282 g/mol. The van der Waals surface area contributed by atoms with Gasteiger partial charge in [0, 0.05) is 25.5 Å². The van der Waals surface area contributed by atoms with Gasteiger partial charge >= 0.3 is 0 Å². The number of nitrogens with one attached hydrogen (secondary N) is 1. The Kier molecular flexibility index (Phi) is 4.77. The maximum absolute atomic E-state index is 12.0. The molecule has 20 heavy (non-hydrogen) atoms. The quantitative estimate of drug-likeness (QED) is 0.715. The van der Waals surface area contributed by atoms with Gasteiger partial charge in [0.1, 0.15) is 11.2 Å². The van der Waals surface area contributed by atoms with Gasteiger partial charge in [-0.1, -0.05) is 0 Å². The second kappa shape index (κ2) is 6.55. The van der Waals surface area contributed by atoms with Gasteiger partial charge in [-0.3, -0.25) is 4.68 Å². The van der Waals surface area contributed by atoms with Crippen LogP contribution in [0.5, 0.6) is 0 Å². The summed E-state index contributed by atoms with van der Waals surface area (Å²) >= 11 is 0. The van der Waals surface area contributed by atoms with E-state index >= 15 is 0 Å². The molecule has 108 valence electrons. The van der Waals surface area contributed by atoms with Gasteiger partial charge in [-0.25, -0.2) is 23.1 Å². The van der Waals surface area contributed by atoms with E-state index in [9.17, 15) is 8.42 Å². The number of aryl methyl sites for hydroxylation is 1. The van der Waals surface area contributed by atoms with Crippen molar-refractivity contribution in [3.8, 4) is 0 Å². The van der Waals surface area contributed by atoms with Crippen LogP contribution in [0.1, 0.15) is 12.1 Å². The maximum atomic E-state index is 12.0. The van der Waals surface area contributed by atoms with Crippen LogP contribution in [0, 0.1) is 0 Å². The van der Waals surface area contributed by atoms with E-state index in [1.807, 2.05) is 0 Å². The fraction of sp³-hybridized carbons (Fsp3) is 0.364. The summed E-state index contributed by atoms with van der Waals surface area (Å²) in [5, 5.41) is 12.7. The molecule has 2 heterocycles. The summed E-state index contributed by atoms with van der Waals surface area (Å²) in [6.45, 7) is 0.596. The van der Waals surface area contributed by atoms with Crippen LogP contribution in [-0.4, -0.2) is 39.9 Å². The molecule has 8 nitrogen and oxygen atoms in total. The molecule has 2 N–H and O–H groups in total. The molecule has 0 spiro atoms. The summed E-state index contributed by atoms with van der Waals surface area (Å²) < 4.78 is 28.0. The zero-order chi connectivity index (χ0) is 14.4. The zero-order valence-corrected chi connectivity index (χ0v) is 11.5. The monoisotopic (exact) mass is 297 g/mol. The van der Waals surface area contributed by atoms with Gasteiger partial charge in [0.25, 0.3) is 0 Å². The Bertz CT molecular complexity index is 641. The van der Waals surface area contributed by atoms with Crippen LogP contribution >= 0.6 is 0 Å². The highest BCUT2D eigenvalue weighted by atomic mass is 32.2. The van der Waals surface area contributed by atoms with Crippen LogP contribution in [0.3, 0.4) is 0 Å².